The SMILES string of the molecule is CC(C)(C)c1ccc2c(c1)C1=C(C=CC(C(C)(C)C)C1)C2c1ccc(C2=C(c3ccccc3)C(c3ccc(-n4c5c(c6c4C=CCC6)CCC=C5)cc3)=CCC(c3ccccc3)=N2)cc1. The van der Waals surface area contributed by atoms with Crippen molar-refractivity contribution in [3.63, 3.8) is 0 Å². The third-order valence-electron chi connectivity index (χ3n) is 14.8. The van der Waals surface area contributed by atoms with Crippen molar-refractivity contribution in [3.05, 3.63) is 230 Å². The maximum atomic E-state index is 5.70. The van der Waals surface area contributed by atoms with Crippen LogP contribution in [0.3, 0.4) is 0 Å². The van der Waals surface area contributed by atoms with Crippen LogP contribution >= 0.6 is 0 Å². The highest BCUT2D eigenvalue weighted by Crippen LogP contribution is 2.53. The molecule has 0 saturated heterocycles. The zero-order chi connectivity index (χ0) is 44.5. The van der Waals surface area contributed by atoms with Gasteiger partial charge in [0, 0.05) is 40.6 Å². The van der Waals surface area contributed by atoms with Crippen LogP contribution in [0.25, 0.3) is 40.3 Å². The number of allylic oxidation sites excluding steroid dienone is 9. The van der Waals surface area contributed by atoms with E-state index in [1.165, 1.54) is 78.3 Å². The third kappa shape index (κ3) is 7.42. The van der Waals surface area contributed by atoms with Crippen molar-refractivity contribution in [3.8, 4) is 5.69 Å². The number of nitrogens with zero attached hydrogens (tertiary/aromatic N) is 2. The predicted molar refractivity (Wildman–Crippen MR) is 276 cm³/mol. The van der Waals surface area contributed by atoms with Crippen LogP contribution in [0.5, 0.6) is 0 Å². The van der Waals surface area contributed by atoms with E-state index in [9.17, 15) is 0 Å². The van der Waals surface area contributed by atoms with Crippen molar-refractivity contribution >= 4 is 40.3 Å². The fourth-order valence-electron chi connectivity index (χ4n) is 11.1. The van der Waals surface area contributed by atoms with Crippen LogP contribution in [0.1, 0.15) is 140 Å². The average Bonchev–Trinajstić information content (AvgIpc) is 3.75. The van der Waals surface area contributed by atoms with Gasteiger partial charge in [-0.05, 0) is 140 Å². The van der Waals surface area contributed by atoms with E-state index in [0.717, 1.165) is 66.6 Å². The molecule has 0 amide bonds. The zero-order valence-corrected chi connectivity index (χ0v) is 39.0. The van der Waals surface area contributed by atoms with Gasteiger partial charge in [0.25, 0.3) is 0 Å². The molecule has 4 aliphatic carbocycles. The lowest BCUT2D eigenvalue weighted by molar-refractivity contribution is 0.296. The number of benzene rings is 5. The molecule has 2 heteroatoms. The van der Waals surface area contributed by atoms with Crippen LogP contribution in [0.4, 0.5) is 0 Å². The second-order valence-corrected chi connectivity index (χ2v) is 20.9. The highest BCUT2D eigenvalue weighted by Gasteiger charge is 2.37. The molecule has 0 radical (unpaired) electrons. The van der Waals surface area contributed by atoms with Crippen molar-refractivity contribution in [2.45, 2.75) is 91.4 Å². The minimum absolute atomic E-state index is 0.0809. The van der Waals surface area contributed by atoms with Crippen LogP contribution in [0, 0.1) is 11.3 Å². The Hall–Kier alpha value is -6.51. The molecule has 1 aliphatic heterocycles. The first-order chi connectivity index (χ1) is 31.5. The molecule has 5 aromatic carbocycles. The van der Waals surface area contributed by atoms with Crippen molar-refractivity contribution in [2.75, 3.05) is 0 Å². The van der Waals surface area contributed by atoms with Gasteiger partial charge < -0.3 is 4.57 Å². The van der Waals surface area contributed by atoms with Crippen molar-refractivity contribution in [2.24, 2.45) is 16.3 Å². The molecule has 2 unspecified atom stereocenters. The summed E-state index contributed by atoms with van der Waals surface area (Å²) >= 11 is 0. The highest BCUT2D eigenvalue weighted by molar-refractivity contribution is 6.19. The largest absolute Gasteiger partial charge is 0.310 e. The highest BCUT2D eigenvalue weighted by atomic mass is 15.0. The van der Waals surface area contributed by atoms with Gasteiger partial charge in [0.2, 0.25) is 0 Å². The maximum absolute atomic E-state index is 5.70. The van der Waals surface area contributed by atoms with Crippen LogP contribution in [-0.4, -0.2) is 10.3 Å². The number of hydrogen-bond donors (Lipinski definition) is 0. The first-order valence-corrected chi connectivity index (χ1v) is 24.0. The van der Waals surface area contributed by atoms with Gasteiger partial charge in [-0.25, -0.2) is 0 Å². The van der Waals surface area contributed by atoms with E-state index in [1.807, 2.05) is 0 Å². The van der Waals surface area contributed by atoms with Crippen molar-refractivity contribution < 1.29 is 0 Å². The summed E-state index contributed by atoms with van der Waals surface area (Å²) in [7, 11) is 0. The molecule has 2 heterocycles. The summed E-state index contributed by atoms with van der Waals surface area (Å²) in [6, 6.07) is 47.8. The topological polar surface area (TPSA) is 17.3 Å². The fraction of sp³-hybridized carbons (Fsp3) is 0.254. The average molecular weight is 845 g/mol. The summed E-state index contributed by atoms with van der Waals surface area (Å²) in [6.45, 7) is 14.1. The Morgan fingerprint density at radius 3 is 1.88 bits per heavy atom. The van der Waals surface area contributed by atoms with E-state index in [1.54, 1.807) is 0 Å². The summed E-state index contributed by atoms with van der Waals surface area (Å²) < 4.78 is 2.50. The molecular weight excluding hydrogens is 785 g/mol. The third-order valence-corrected chi connectivity index (χ3v) is 14.8. The lowest BCUT2D eigenvalue weighted by atomic mass is 9.73. The van der Waals surface area contributed by atoms with Gasteiger partial charge in [-0.3, -0.25) is 4.99 Å². The number of rotatable bonds is 6. The molecule has 0 saturated carbocycles. The number of aromatic nitrogens is 1. The zero-order valence-electron chi connectivity index (χ0n) is 39.0. The summed E-state index contributed by atoms with van der Waals surface area (Å²) in [5.74, 6) is 0.692. The lowest BCUT2D eigenvalue weighted by Crippen LogP contribution is -2.20. The van der Waals surface area contributed by atoms with Gasteiger partial charge in [0.15, 0.2) is 0 Å². The lowest BCUT2D eigenvalue weighted by Gasteiger charge is -2.32. The molecule has 6 aromatic rings. The molecule has 11 rings (SSSR count). The monoisotopic (exact) mass is 844 g/mol. The fourth-order valence-corrected chi connectivity index (χ4v) is 11.1. The molecule has 2 nitrogen and oxygen atoms in total. The van der Waals surface area contributed by atoms with E-state index in [-0.39, 0.29) is 16.7 Å². The van der Waals surface area contributed by atoms with Crippen LogP contribution in [-0.2, 0) is 18.3 Å². The normalized spacial score (nSPS) is 19.0. The smallest absolute Gasteiger partial charge is 0.0790 e. The van der Waals surface area contributed by atoms with Crippen LogP contribution in [0.15, 0.2) is 168 Å². The van der Waals surface area contributed by atoms with Gasteiger partial charge >= 0.3 is 0 Å². The molecule has 1 aromatic heterocycles. The summed E-state index contributed by atoms with van der Waals surface area (Å²) in [6.07, 6.45) is 23.1. The molecule has 65 heavy (non-hydrogen) atoms. The first kappa shape index (κ1) is 41.2. The Morgan fingerprint density at radius 1 is 0.615 bits per heavy atom. The Kier molecular flexibility index (Phi) is 10.3. The Bertz CT molecular complexity index is 3010. The maximum Gasteiger partial charge on any atom is 0.0790 e. The molecule has 0 N–H and O–H groups in total. The standard InChI is InChI=1S/C63H60N2/c1-62(2,3)46-31-35-52-54(39-46)55-40-47(63(4,5)6)32-36-53(55)59(52)44-25-27-45(28-26-44)61-60(43-19-11-8-12-20-43)49(37-38-56(64-61)42-17-9-7-10-18-42)41-29-33-48(34-30-41)65-57-23-15-13-21-50(57)51-22-14-16-24-58(51)65/h7-12,15-20,23-37,39,47,59H,13-14,21-22,38,40H2,1-6H3. The molecule has 2 atom stereocenters. The molecule has 0 fully saturated rings. The van der Waals surface area contributed by atoms with Crippen molar-refractivity contribution in [1.29, 1.82) is 0 Å². The molecule has 5 aliphatic rings. The van der Waals surface area contributed by atoms with E-state index >= 15 is 0 Å². The van der Waals surface area contributed by atoms with E-state index < -0.39 is 0 Å². The molecule has 0 bridgehead atoms. The first-order valence-electron chi connectivity index (χ1n) is 24.0. The van der Waals surface area contributed by atoms with Gasteiger partial charge in [-0.1, -0.05) is 187 Å². The van der Waals surface area contributed by atoms with E-state index in [2.05, 4.69) is 216 Å². The van der Waals surface area contributed by atoms with E-state index in [0.29, 0.717) is 5.92 Å². The van der Waals surface area contributed by atoms with Crippen molar-refractivity contribution in [1.82, 2.24) is 4.57 Å². The molecular formula is C63H60N2. The van der Waals surface area contributed by atoms with Gasteiger partial charge in [0.05, 0.1) is 11.4 Å². The molecule has 322 valence electrons. The van der Waals surface area contributed by atoms with Crippen LogP contribution < -0.4 is 0 Å². The Labute approximate surface area is 386 Å². The quantitative estimate of drug-likeness (QED) is 0.159. The summed E-state index contributed by atoms with van der Waals surface area (Å²) in [4.78, 5) is 5.70. The van der Waals surface area contributed by atoms with E-state index in [4.69, 9.17) is 4.99 Å². The number of aliphatic imine (C=N–C) groups is 1. The minimum Gasteiger partial charge on any atom is -0.310 e. The van der Waals surface area contributed by atoms with Gasteiger partial charge in [-0.15, -0.1) is 0 Å². The predicted octanol–water partition coefficient (Wildman–Crippen LogP) is 16.1. The second kappa shape index (κ2) is 16.2. The second-order valence-electron chi connectivity index (χ2n) is 20.9. The summed E-state index contributed by atoms with van der Waals surface area (Å²) in [5, 5.41) is 0. The number of fused-ring (bicyclic) bond motifs is 5. The number of hydrogen-bond acceptors (Lipinski definition) is 1. The summed E-state index contributed by atoms with van der Waals surface area (Å²) in [5.41, 5.74) is 24.9. The minimum atomic E-state index is 0.0809. The Morgan fingerprint density at radius 2 is 1.25 bits per heavy atom. The Balaban J connectivity index is 1.04. The molecule has 0 spiro atoms. The van der Waals surface area contributed by atoms with Gasteiger partial charge in [0.1, 0.15) is 0 Å². The van der Waals surface area contributed by atoms with Crippen LogP contribution in [0.2, 0.25) is 0 Å². The van der Waals surface area contributed by atoms with Gasteiger partial charge in [-0.2, -0.15) is 0 Å².